The van der Waals surface area contributed by atoms with Crippen LogP contribution in [0.2, 0.25) is 0 Å². The number of fused-ring (bicyclic) bond motifs is 1. The zero-order valence-electron chi connectivity index (χ0n) is 19.9. The van der Waals surface area contributed by atoms with Gasteiger partial charge in [0, 0.05) is 24.0 Å². The number of thioether (sulfide) groups is 1. The number of phenolic OH excluding ortho intramolecular Hbond substituents is 1. The molecule has 1 saturated heterocycles. The van der Waals surface area contributed by atoms with Crippen LogP contribution in [-0.4, -0.2) is 38.8 Å². The summed E-state index contributed by atoms with van der Waals surface area (Å²) in [6.45, 7) is 8.42. The molecule has 3 atom stereocenters. The van der Waals surface area contributed by atoms with E-state index >= 15 is 0 Å². The van der Waals surface area contributed by atoms with Crippen molar-refractivity contribution in [2.24, 2.45) is 0 Å². The first-order valence-electron chi connectivity index (χ1n) is 11.4. The zero-order valence-corrected chi connectivity index (χ0v) is 20.7. The molecule has 2 heterocycles. The van der Waals surface area contributed by atoms with E-state index in [0.29, 0.717) is 42.9 Å². The average Bonchev–Trinajstić information content (AvgIpc) is 3.05. The molecule has 0 aromatic heterocycles. The van der Waals surface area contributed by atoms with Crippen LogP contribution in [0.4, 0.5) is 4.79 Å². The second-order valence-electron chi connectivity index (χ2n) is 10.3. The van der Waals surface area contributed by atoms with Crippen LogP contribution >= 0.6 is 11.8 Å². The third-order valence-corrected chi connectivity index (χ3v) is 7.27. The summed E-state index contributed by atoms with van der Waals surface area (Å²) in [5.41, 5.74) is 1.46. The van der Waals surface area contributed by atoms with Crippen molar-refractivity contribution in [3.05, 3.63) is 53.1 Å². The molecular weight excluding hydrogens is 454 g/mol. The van der Waals surface area contributed by atoms with Gasteiger partial charge in [-0.05, 0) is 48.6 Å². The van der Waals surface area contributed by atoms with Gasteiger partial charge in [-0.25, -0.2) is 0 Å². The Bertz CT molecular complexity index is 1090. The average molecular weight is 486 g/mol. The van der Waals surface area contributed by atoms with Crippen LogP contribution in [0.25, 0.3) is 0 Å². The second kappa shape index (κ2) is 9.15. The van der Waals surface area contributed by atoms with E-state index in [-0.39, 0.29) is 22.3 Å². The summed E-state index contributed by atoms with van der Waals surface area (Å²) in [5.74, 6) is 1.22. The molecule has 4 rings (SSSR count). The molecule has 2 aliphatic heterocycles. The number of nitrogens with one attached hydrogen (secondary N) is 1. The standard InChI is InChI=1S/C26H31NO6S/c1-25(2,3)18-13-21-17(12-19(18)28)20(29)14-26(4,33-21)9-10-32-16-7-5-15(6-8-16)11-22-23(30)27-24(31)34-22/h5-8,12-13,20,22,28-29H,9-11,14H2,1-4H3,(H,27,30,31). The molecule has 0 spiro atoms. The van der Waals surface area contributed by atoms with Gasteiger partial charge < -0.3 is 19.7 Å². The van der Waals surface area contributed by atoms with Crippen LogP contribution in [0.15, 0.2) is 36.4 Å². The number of amides is 2. The monoisotopic (exact) mass is 485 g/mol. The molecule has 2 aliphatic rings. The fourth-order valence-corrected chi connectivity index (χ4v) is 5.22. The summed E-state index contributed by atoms with van der Waals surface area (Å²) in [4.78, 5) is 23.1. The maximum Gasteiger partial charge on any atom is 0.286 e. The summed E-state index contributed by atoms with van der Waals surface area (Å²) in [6.07, 6.45) is 0.720. The molecule has 2 aromatic rings. The SMILES string of the molecule is CC1(CCOc2ccc(CC3SC(=O)NC3=O)cc2)CC(O)c2cc(O)c(C(C)(C)C)cc2O1. The predicted octanol–water partition coefficient (Wildman–Crippen LogP) is 4.63. The van der Waals surface area contributed by atoms with Crippen LogP contribution in [0.1, 0.15) is 63.3 Å². The normalized spacial score (nSPS) is 24.4. The number of carbonyl (C=O) groups excluding carboxylic acids is 2. The minimum absolute atomic E-state index is 0.169. The van der Waals surface area contributed by atoms with Crippen LogP contribution in [0.3, 0.4) is 0 Å². The zero-order chi connectivity index (χ0) is 24.7. The Hall–Kier alpha value is -2.71. The number of phenols is 1. The largest absolute Gasteiger partial charge is 0.508 e. The Morgan fingerprint density at radius 2 is 1.91 bits per heavy atom. The van der Waals surface area contributed by atoms with Crippen LogP contribution in [0.5, 0.6) is 17.2 Å². The van der Waals surface area contributed by atoms with Crippen molar-refractivity contribution in [2.45, 2.75) is 69.3 Å². The highest BCUT2D eigenvalue weighted by Gasteiger charge is 2.38. The topological polar surface area (TPSA) is 105 Å². The van der Waals surface area contributed by atoms with Crippen LogP contribution in [-0.2, 0) is 16.6 Å². The molecule has 3 unspecified atom stereocenters. The highest BCUT2D eigenvalue weighted by Crippen LogP contribution is 2.45. The number of hydrogen-bond acceptors (Lipinski definition) is 7. The highest BCUT2D eigenvalue weighted by atomic mass is 32.2. The Labute approximate surface area is 203 Å². The van der Waals surface area contributed by atoms with Gasteiger partial charge in [0.1, 0.15) is 22.8 Å². The Kier molecular flexibility index (Phi) is 6.57. The van der Waals surface area contributed by atoms with Gasteiger partial charge in [-0.1, -0.05) is 44.7 Å². The van der Waals surface area contributed by atoms with Gasteiger partial charge in [0.15, 0.2) is 0 Å². The number of carbonyl (C=O) groups is 2. The molecule has 182 valence electrons. The van der Waals surface area contributed by atoms with Crippen molar-refractivity contribution < 1.29 is 29.3 Å². The number of rotatable bonds is 6. The number of aliphatic hydroxyl groups is 1. The molecule has 0 radical (unpaired) electrons. The fraction of sp³-hybridized carbons (Fsp3) is 0.462. The first kappa shape index (κ1) is 24.4. The quantitative estimate of drug-likeness (QED) is 0.548. The Balaban J connectivity index is 1.36. The summed E-state index contributed by atoms with van der Waals surface area (Å²) in [6, 6.07) is 10.9. The smallest absolute Gasteiger partial charge is 0.286 e. The van der Waals surface area contributed by atoms with Crippen molar-refractivity contribution in [2.75, 3.05) is 6.61 Å². The molecule has 0 bridgehead atoms. The number of hydrogen-bond donors (Lipinski definition) is 3. The number of imide groups is 1. The minimum atomic E-state index is -0.731. The van der Waals surface area contributed by atoms with E-state index in [2.05, 4.69) is 5.32 Å². The molecule has 2 amide bonds. The lowest BCUT2D eigenvalue weighted by atomic mass is 9.82. The van der Waals surface area contributed by atoms with Gasteiger partial charge in [0.2, 0.25) is 5.91 Å². The Morgan fingerprint density at radius 1 is 1.21 bits per heavy atom. The van der Waals surface area contributed by atoms with Crippen molar-refractivity contribution in [1.82, 2.24) is 5.32 Å². The van der Waals surface area contributed by atoms with Gasteiger partial charge in [0.25, 0.3) is 5.24 Å². The molecule has 34 heavy (non-hydrogen) atoms. The maximum absolute atomic E-state index is 11.7. The van der Waals surface area contributed by atoms with E-state index in [1.807, 2.05) is 58.0 Å². The van der Waals surface area contributed by atoms with Crippen molar-refractivity contribution in [1.29, 1.82) is 0 Å². The predicted molar refractivity (Wildman–Crippen MR) is 131 cm³/mol. The van der Waals surface area contributed by atoms with Gasteiger partial charge in [0.05, 0.1) is 18.0 Å². The first-order chi connectivity index (χ1) is 15.9. The molecule has 7 nitrogen and oxygen atoms in total. The van der Waals surface area contributed by atoms with E-state index in [1.54, 1.807) is 6.07 Å². The molecule has 8 heteroatoms. The summed E-state index contributed by atoms with van der Waals surface area (Å²) in [5, 5.41) is 22.8. The third-order valence-electron chi connectivity index (χ3n) is 6.29. The van der Waals surface area contributed by atoms with E-state index in [0.717, 1.165) is 22.9 Å². The lowest BCUT2D eigenvalue weighted by Crippen LogP contribution is -2.39. The maximum atomic E-state index is 11.7. The second-order valence-corrected chi connectivity index (χ2v) is 11.4. The van der Waals surface area contributed by atoms with Gasteiger partial charge in [-0.2, -0.15) is 0 Å². The highest BCUT2D eigenvalue weighted by molar-refractivity contribution is 8.15. The summed E-state index contributed by atoms with van der Waals surface area (Å²) in [7, 11) is 0. The lowest BCUT2D eigenvalue weighted by molar-refractivity contribution is -0.118. The third kappa shape index (κ3) is 5.33. The fourth-order valence-electron chi connectivity index (χ4n) is 4.36. The van der Waals surface area contributed by atoms with E-state index in [9.17, 15) is 19.8 Å². The molecule has 2 aromatic carbocycles. The Morgan fingerprint density at radius 3 is 2.53 bits per heavy atom. The number of ether oxygens (including phenoxy) is 2. The van der Waals surface area contributed by atoms with E-state index < -0.39 is 17.0 Å². The van der Waals surface area contributed by atoms with Gasteiger partial charge in [-0.15, -0.1) is 0 Å². The summed E-state index contributed by atoms with van der Waals surface area (Å²) >= 11 is 1.02. The van der Waals surface area contributed by atoms with E-state index in [1.165, 1.54) is 0 Å². The van der Waals surface area contributed by atoms with Crippen molar-refractivity contribution in [3.63, 3.8) is 0 Å². The van der Waals surface area contributed by atoms with E-state index in [4.69, 9.17) is 9.47 Å². The molecular formula is C26H31NO6S. The van der Waals surface area contributed by atoms with Crippen molar-refractivity contribution >= 4 is 22.9 Å². The first-order valence-corrected chi connectivity index (χ1v) is 12.3. The number of aromatic hydroxyl groups is 1. The number of aliphatic hydroxyl groups excluding tert-OH is 1. The molecule has 3 N–H and O–H groups in total. The van der Waals surface area contributed by atoms with Gasteiger partial charge >= 0.3 is 0 Å². The minimum Gasteiger partial charge on any atom is -0.508 e. The van der Waals surface area contributed by atoms with Crippen LogP contribution in [0, 0.1) is 0 Å². The number of benzene rings is 2. The van der Waals surface area contributed by atoms with Crippen molar-refractivity contribution in [3.8, 4) is 17.2 Å². The lowest BCUT2D eigenvalue weighted by Gasteiger charge is -2.39. The molecule has 0 aliphatic carbocycles. The molecule has 0 saturated carbocycles. The van der Waals surface area contributed by atoms with Crippen LogP contribution < -0.4 is 14.8 Å². The molecule has 1 fully saturated rings. The van der Waals surface area contributed by atoms with Gasteiger partial charge in [-0.3, -0.25) is 14.9 Å². The summed E-state index contributed by atoms with van der Waals surface area (Å²) < 4.78 is 12.2.